The maximum absolute atomic E-state index is 12.1. The monoisotopic (exact) mass is 292 g/mol. The first-order chi connectivity index (χ1) is 9.92. The maximum Gasteiger partial charge on any atom is 0.279 e. The molecule has 1 aromatic rings. The summed E-state index contributed by atoms with van der Waals surface area (Å²) < 4.78 is 0. The molecule has 0 aromatic heterocycles. The molecular weight excluding hydrogens is 266 g/mol. The molecule has 0 fully saturated rings. The van der Waals surface area contributed by atoms with Crippen molar-refractivity contribution < 1.29 is 14.5 Å². The zero-order valence-corrected chi connectivity index (χ0v) is 13.3. The van der Waals surface area contributed by atoms with Crippen LogP contribution in [0, 0.1) is 6.92 Å². The van der Waals surface area contributed by atoms with Crippen molar-refractivity contribution in [3.05, 3.63) is 29.8 Å². The summed E-state index contributed by atoms with van der Waals surface area (Å²) in [6.07, 6.45) is 0. The number of amides is 2. The molecule has 0 aliphatic heterocycles. The minimum absolute atomic E-state index is 0.0226. The van der Waals surface area contributed by atoms with Crippen LogP contribution in [-0.2, 0) is 9.59 Å². The first-order valence-corrected chi connectivity index (χ1v) is 7.40. The van der Waals surface area contributed by atoms with Gasteiger partial charge in [0.05, 0.1) is 6.54 Å². The van der Waals surface area contributed by atoms with E-state index in [1.165, 1.54) is 0 Å². The number of quaternary nitrogens is 1. The van der Waals surface area contributed by atoms with Crippen LogP contribution in [0.1, 0.15) is 26.3 Å². The van der Waals surface area contributed by atoms with Gasteiger partial charge in [0.15, 0.2) is 13.1 Å². The Labute approximate surface area is 126 Å². The molecule has 0 bridgehead atoms. The van der Waals surface area contributed by atoms with E-state index in [0.29, 0.717) is 6.54 Å². The predicted molar refractivity (Wildman–Crippen MR) is 84.3 cm³/mol. The number of rotatable bonds is 7. The van der Waals surface area contributed by atoms with Crippen LogP contribution in [0.25, 0.3) is 0 Å². The number of carbonyl (C=O) groups is 2. The van der Waals surface area contributed by atoms with Gasteiger partial charge < -0.3 is 15.5 Å². The average molecular weight is 292 g/mol. The van der Waals surface area contributed by atoms with Crippen LogP contribution in [0.3, 0.4) is 0 Å². The van der Waals surface area contributed by atoms with Crippen LogP contribution >= 0.6 is 0 Å². The van der Waals surface area contributed by atoms with Crippen molar-refractivity contribution in [3.63, 3.8) is 0 Å². The van der Waals surface area contributed by atoms with Gasteiger partial charge in [0, 0.05) is 11.7 Å². The van der Waals surface area contributed by atoms with Gasteiger partial charge in [-0.25, -0.2) is 0 Å². The van der Waals surface area contributed by atoms with Crippen molar-refractivity contribution in [1.29, 1.82) is 0 Å². The lowest BCUT2D eigenvalue weighted by Gasteiger charge is -2.18. The Morgan fingerprint density at radius 1 is 1.14 bits per heavy atom. The lowest BCUT2D eigenvalue weighted by molar-refractivity contribution is -0.881. The van der Waals surface area contributed by atoms with E-state index in [4.69, 9.17) is 0 Å². The molecule has 0 aliphatic rings. The molecular formula is C16H26N3O2+. The van der Waals surface area contributed by atoms with E-state index in [0.717, 1.165) is 22.7 Å². The molecule has 3 N–H and O–H groups in total. The largest absolute Gasteiger partial charge is 0.349 e. The second kappa shape index (κ2) is 8.42. The highest BCUT2D eigenvalue weighted by atomic mass is 16.2. The quantitative estimate of drug-likeness (QED) is 0.679. The van der Waals surface area contributed by atoms with Crippen molar-refractivity contribution in [2.45, 2.75) is 33.7 Å². The van der Waals surface area contributed by atoms with Gasteiger partial charge in [-0.15, -0.1) is 0 Å². The molecule has 2 amide bonds. The van der Waals surface area contributed by atoms with Crippen LogP contribution in [0.15, 0.2) is 24.3 Å². The van der Waals surface area contributed by atoms with Crippen LogP contribution in [-0.4, -0.2) is 37.5 Å². The highest BCUT2D eigenvalue weighted by molar-refractivity contribution is 5.92. The summed E-state index contributed by atoms with van der Waals surface area (Å²) in [7, 11) is 0. The fourth-order valence-electron chi connectivity index (χ4n) is 2.05. The molecule has 0 aliphatic carbocycles. The Hall–Kier alpha value is -1.88. The molecule has 21 heavy (non-hydrogen) atoms. The Balaban J connectivity index is 2.51. The molecule has 0 saturated carbocycles. The number of likely N-dealkylation sites (N-methyl/N-ethyl adjacent to an activating group) is 1. The Bertz CT molecular complexity index is 486. The van der Waals surface area contributed by atoms with Gasteiger partial charge in [-0.2, -0.15) is 0 Å². The van der Waals surface area contributed by atoms with E-state index in [-0.39, 0.29) is 24.4 Å². The molecule has 0 heterocycles. The number of benzene rings is 1. The third-order valence-corrected chi connectivity index (χ3v) is 3.19. The normalized spacial score (nSPS) is 12.0. The number of para-hydroxylation sites is 1. The van der Waals surface area contributed by atoms with Crippen LogP contribution in [0.4, 0.5) is 5.69 Å². The number of anilines is 1. The van der Waals surface area contributed by atoms with Crippen LogP contribution in [0.5, 0.6) is 0 Å². The van der Waals surface area contributed by atoms with Crippen molar-refractivity contribution >= 4 is 17.5 Å². The van der Waals surface area contributed by atoms with Crippen LogP contribution < -0.4 is 15.5 Å². The molecule has 0 spiro atoms. The average Bonchev–Trinajstić information content (AvgIpc) is 2.39. The molecule has 1 aromatic carbocycles. The summed E-state index contributed by atoms with van der Waals surface area (Å²) in [6.45, 7) is 9.11. The van der Waals surface area contributed by atoms with E-state index in [1.54, 1.807) is 0 Å². The van der Waals surface area contributed by atoms with Gasteiger partial charge in [0.25, 0.3) is 11.8 Å². The van der Waals surface area contributed by atoms with Crippen molar-refractivity contribution in [1.82, 2.24) is 5.32 Å². The third kappa shape index (κ3) is 6.40. The first-order valence-electron chi connectivity index (χ1n) is 7.40. The third-order valence-electron chi connectivity index (χ3n) is 3.19. The van der Waals surface area contributed by atoms with E-state index < -0.39 is 0 Å². The highest BCUT2D eigenvalue weighted by Crippen LogP contribution is 2.12. The van der Waals surface area contributed by atoms with Gasteiger partial charge in [-0.1, -0.05) is 18.2 Å². The summed E-state index contributed by atoms with van der Waals surface area (Å²) in [5.41, 5.74) is 1.85. The molecule has 1 atom stereocenters. The van der Waals surface area contributed by atoms with E-state index in [2.05, 4.69) is 10.6 Å². The Morgan fingerprint density at radius 2 is 1.76 bits per heavy atom. The summed E-state index contributed by atoms with van der Waals surface area (Å²) in [5.74, 6) is -0.0935. The lowest BCUT2D eigenvalue weighted by atomic mass is 10.2. The minimum Gasteiger partial charge on any atom is -0.349 e. The second-order valence-corrected chi connectivity index (χ2v) is 5.54. The van der Waals surface area contributed by atoms with Gasteiger partial charge in [-0.05, 0) is 39.3 Å². The van der Waals surface area contributed by atoms with E-state index in [9.17, 15) is 9.59 Å². The van der Waals surface area contributed by atoms with E-state index >= 15 is 0 Å². The molecule has 116 valence electrons. The fraction of sp³-hybridized carbons (Fsp3) is 0.500. The summed E-state index contributed by atoms with van der Waals surface area (Å²) in [5, 5.41) is 5.75. The Morgan fingerprint density at radius 3 is 2.33 bits per heavy atom. The van der Waals surface area contributed by atoms with Gasteiger partial charge in [0.2, 0.25) is 0 Å². The SMILES string of the molecule is CC[NH+](CC(=O)Nc1ccccc1C)CC(=O)NC(C)C. The number of carbonyl (C=O) groups excluding carboxylic acids is 2. The Kier molecular flexibility index (Phi) is 6.88. The number of aryl methyl sites for hydroxylation is 1. The highest BCUT2D eigenvalue weighted by Gasteiger charge is 2.17. The van der Waals surface area contributed by atoms with Gasteiger partial charge >= 0.3 is 0 Å². The van der Waals surface area contributed by atoms with Crippen LogP contribution in [0.2, 0.25) is 0 Å². The predicted octanol–water partition coefficient (Wildman–Crippen LogP) is 0.363. The molecule has 0 saturated heterocycles. The van der Waals surface area contributed by atoms with E-state index in [1.807, 2.05) is 52.0 Å². The standard InChI is InChI=1S/C16H25N3O2/c1-5-19(10-15(20)17-12(2)3)11-16(21)18-14-9-7-6-8-13(14)4/h6-9,12H,5,10-11H2,1-4H3,(H,17,20)(H,18,21)/p+1. The number of hydrogen-bond acceptors (Lipinski definition) is 2. The summed E-state index contributed by atoms with van der Waals surface area (Å²) in [6, 6.07) is 7.78. The maximum atomic E-state index is 12.1. The van der Waals surface area contributed by atoms with Gasteiger partial charge in [0.1, 0.15) is 0 Å². The number of hydrogen-bond donors (Lipinski definition) is 3. The van der Waals surface area contributed by atoms with Crippen molar-refractivity contribution in [2.24, 2.45) is 0 Å². The smallest absolute Gasteiger partial charge is 0.279 e. The van der Waals surface area contributed by atoms with Crippen molar-refractivity contribution in [3.8, 4) is 0 Å². The molecule has 5 nitrogen and oxygen atoms in total. The zero-order valence-electron chi connectivity index (χ0n) is 13.3. The second-order valence-electron chi connectivity index (χ2n) is 5.54. The molecule has 1 unspecified atom stereocenters. The number of nitrogens with one attached hydrogen (secondary N) is 3. The first kappa shape index (κ1) is 17.2. The summed E-state index contributed by atoms with van der Waals surface area (Å²) >= 11 is 0. The topological polar surface area (TPSA) is 62.6 Å². The molecule has 1 rings (SSSR count). The lowest BCUT2D eigenvalue weighted by Crippen LogP contribution is -3.14. The van der Waals surface area contributed by atoms with Gasteiger partial charge in [-0.3, -0.25) is 9.59 Å². The van der Waals surface area contributed by atoms with Crippen molar-refractivity contribution in [2.75, 3.05) is 25.0 Å². The summed E-state index contributed by atoms with van der Waals surface area (Å²) in [4.78, 5) is 24.8. The molecule has 5 heteroatoms. The molecule has 0 radical (unpaired) electrons. The fourth-order valence-corrected chi connectivity index (χ4v) is 2.05. The zero-order chi connectivity index (χ0) is 15.8. The minimum atomic E-state index is -0.0708.